The summed E-state index contributed by atoms with van der Waals surface area (Å²) in [5, 5.41) is 2.97. The Morgan fingerprint density at radius 1 is 1.16 bits per heavy atom. The van der Waals surface area contributed by atoms with E-state index in [1.54, 1.807) is 6.20 Å². The van der Waals surface area contributed by atoms with Crippen LogP contribution in [0, 0.1) is 6.92 Å². The lowest BCUT2D eigenvalue weighted by Gasteiger charge is -2.16. The van der Waals surface area contributed by atoms with Crippen LogP contribution in [0.2, 0.25) is 0 Å². The van der Waals surface area contributed by atoms with Crippen molar-refractivity contribution in [3.63, 3.8) is 0 Å². The van der Waals surface area contributed by atoms with Crippen molar-refractivity contribution in [2.24, 2.45) is 0 Å². The SMILES string of the molecule is CNc1cnc(CN(C)Cc2cccc(C)c2)cn1. The number of hydrogen-bond acceptors (Lipinski definition) is 4. The molecule has 19 heavy (non-hydrogen) atoms. The van der Waals surface area contributed by atoms with E-state index >= 15 is 0 Å². The summed E-state index contributed by atoms with van der Waals surface area (Å²) in [5.41, 5.74) is 3.60. The minimum atomic E-state index is 0.796. The standard InChI is InChI=1S/C15H20N4/c1-12-5-4-6-13(7-12)10-19(3)11-14-8-18-15(16-2)9-17-14/h4-9H,10-11H2,1-3H3,(H,16,18). The van der Waals surface area contributed by atoms with E-state index in [4.69, 9.17) is 0 Å². The molecule has 0 aliphatic carbocycles. The summed E-state index contributed by atoms with van der Waals surface area (Å²) >= 11 is 0. The maximum atomic E-state index is 4.38. The van der Waals surface area contributed by atoms with Gasteiger partial charge < -0.3 is 5.32 Å². The van der Waals surface area contributed by atoms with Gasteiger partial charge in [0.15, 0.2) is 0 Å². The molecule has 0 radical (unpaired) electrons. The largest absolute Gasteiger partial charge is 0.372 e. The summed E-state index contributed by atoms with van der Waals surface area (Å²) in [5.74, 6) is 0.796. The van der Waals surface area contributed by atoms with Crippen LogP contribution >= 0.6 is 0 Å². The molecule has 0 amide bonds. The van der Waals surface area contributed by atoms with E-state index < -0.39 is 0 Å². The molecular weight excluding hydrogens is 236 g/mol. The molecule has 0 saturated carbocycles. The molecule has 1 heterocycles. The molecule has 0 aliphatic rings. The molecule has 0 spiro atoms. The molecule has 2 rings (SSSR count). The number of aryl methyl sites for hydroxylation is 1. The summed E-state index contributed by atoms with van der Waals surface area (Å²) in [4.78, 5) is 10.9. The van der Waals surface area contributed by atoms with Gasteiger partial charge in [-0.15, -0.1) is 0 Å². The predicted molar refractivity (Wildman–Crippen MR) is 77.9 cm³/mol. The number of rotatable bonds is 5. The van der Waals surface area contributed by atoms with Crippen molar-refractivity contribution in [3.05, 3.63) is 53.5 Å². The molecule has 0 fully saturated rings. The average molecular weight is 256 g/mol. The van der Waals surface area contributed by atoms with E-state index in [0.29, 0.717) is 0 Å². The zero-order valence-electron chi connectivity index (χ0n) is 11.7. The van der Waals surface area contributed by atoms with Crippen LogP contribution in [0.1, 0.15) is 16.8 Å². The average Bonchev–Trinajstić information content (AvgIpc) is 2.39. The molecule has 100 valence electrons. The fourth-order valence-electron chi connectivity index (χ4n) is 2.02. The van der Waals surface area contributed by atoms with Gasteiger partial charge in [0.1, 0.15) is 5.82 Å². The zero-order chi connectivity index (χ0) is 13.7. The second-order valence-electron chi connectivity index (χ2n) is 4.80. The van der Waals surface area contributed by atoms with Crippen molar-refractivity contribution in [1.82, 2.24) is 14.9 Å². The molecule has 0 bridgehead atoms. The van der Waals surface area contributed by atoms with Crippen LogP contribution in [0.5, 0.6) is 0 Å². The van der Waals surface area contributed by atoms with Crippen molar-refractivity contribution in [1.29, 1.82) is 0 Å². The fraction of sp³-hybridized carbons (Fsp3) is 0.333. The van der Waals surface area contributed by atoms with E-state index in [0.717, 1.165) is 24.6 Å². The summed E-state index contributed by atoms with van der Waals surface area (Å²) in [7, 11) is 3.93. The first-order valence-corrected chi connectivity index (χ1v) is 6.40. The normalized spacial score (nSPS) is 10.7. The molecule has 4 heteroatoms. The molecule has 0 saturated heterocycles. The van der Waals surface area contributed by atoms with Crippen LogP contribution in [0.4, 0.5) is 5.82 Å². The first-order chi connectivity index (χ1) is 9.17. The van der Waals surface area contributed by atoms with Crippen LogP contribution in [0.25, 0.3) is 0 Å². The van der Waals surface area contributed by atoms with Gasteiger partial charge in [0.05, 0.1) is 18.1 Å². The molecule has 0 aliphatic heterocycles. The molecule has 1 aromatic heterocycles. The van der Waals surface area contributed by atoms with Crippen molar-refractivity contribution >= 4 is 5.82 Å². The maximum absolute atomic E-state index is 4.38. The summed E-state index contributed by atoms with van der Waals surface area (Å²) in [6, 6.07) is 8.58. The third-order valence-electron chi connectivity index (χ3n) is 2.93. The minimum Gasteiger partial charge on any atom is -0.372 e. The maximum Gasteiger partial charge on any atom is 0.144 e. The Bertz CT molecular complexity index is 522. The van der Waals surface area contributed by atoms with Gasteiger partial charge in [-0.25, -0.2) is 4.98 Å². The first kappa shape index (κ1) is 13.5. The van der Waals surface area contributed by atoms with Gasteiger partial charge in [0.2, 0.25) is 0 Å². The Morgan fingerprint density at radius 3 is 2.63 bits per heavy atom. The van der Waals surface area contributed by atoms with Crippen molar-refractivity contribution < 1.29 is 0 Å². The number of hydrogen-bond donors (Lipinski definition) is 1. The monoisotopic (exact) mass is 256 g/mol. The summed E-state index contributed by atoms with van der Waals surface area (Å²) < 4.78 is 0. The van der Waals surface area contributed by atoms with Crippen molar-refractivity contribution in [2.45, 2.75) is 20.0 Å². The molecule has 0 atom stereocenters. The number of nitrogens with one attached hydrogen (secondary N) is 1. The number of anilines is 1. The third-order valence-corrected chi connectivity index (χ3v) is 2.93. The van der Waals surface area contributed by atoms with Crippen molar-refractivity contribution in [3.8, 4) is 0 Å². The lowest BCUT2D eigenvalue weighted by Crippen LogP contribution is -2.18. The molecule has 2 aromatic rings. The van der Waals surface area contributed by atoms with Crippen LogP contribution in [0.3, 0.4) is 0 Å². The van der Waals surface area contributed by atoms with E-state index in [9.17, 15) is 0 Å². The Balaban J connectivity index is 1.95. The molecular formula is C15H20N4. The first-order valence-electron chi connectivity index (χ1n) is 6.40. The highest BCUT2D eigenvalue weighted by Crippen LogP contribution is 2.09. The Labute approximate surface area is 114 Å². The van der Waals surface area contributed by atoms with E-state index in [-0.39, 0.29) is 0 Å². The van der Waals surface area contributed by atoms with Gasteiger partial charge in [-0.2, -0.15) is 0 Å². The number of benzene rings is 1. The van der Waals surface area contributed by atoms with Crippen LogP contribution < -0.4 is 5.32 Å². The van der Waals surface area contributed by atoms with E-state index in [2.05, 4.69) is 58.4 Å². The summed E-state index contributed by atoms with van der Waals surface area (Å²) in [6.45, 7) is 3.83. The zero-order valence-corrected chi connectivity index (χ0v) is 11.7. The fourth-order valence-corrected chi connectivity index (χ4v) is 2.02. The quantitative estimate of drug-likeness (QED) is 0.892. The number of nitrogens with zero attached hydrogens (tertiary/aromatic N) is 3. The Hall–Kier alpha value is -1.94. The highest BCUT2D eigenvalue weighted by Gasteiger charge is 2.03. The lowest BCUT2D eigenvalue weighted by molar-refractivity contribution is 0.314. The second kappa shape index (κ2) is 6.29. The van der Waals surface area contributed by atoms with Gasteiger partial charge in [0, 0.05) is 20.1 Å². The molecule has 1 N–H and O–H groups in total. The highest BCUT2D eigenvalue weighted by molar-refractivity contribution is 5.29. The van der Waals surface area contributed by atoms with E-state index in [1.165, 1.54) is 11.1 Å². The van der Waals surface area contributed by atoms with Crippen molar-refractivity contribution in [2.75, 3.05) is 19.4 Å². The van der Waals surface area contributed by atoms with Gasteiger partial charge in [0.25, 0.3) is 0 Å². The van der Waals surface area contributed by atoms with Gasteiger partial charge >= 0.3 is 0 Å². The Morgan fingerprint density at radius 2 is 2.00 bits per heavy atom. The third kappa shape index (κ3) is 4.03. The van der Waals surface area contributed by atoms with Crippen LogP contribution in [0.15, 0.2) is 36.7 Å². The predicted octanol–water partition coefficient (Wildman–Crippen LogP) is 2.46. The second-order valence-corrected chi connectivity index (χ2v) is 4.80. The van der Waals surface area contributed by atoms with Crippen LogP contribution in [-0.2, 0) is 13.1 Å². The molecule has 1 aromatic carbocycles. The van der Waals surface area contributed by atoms with Gasteiger partial charge in [-0.3, -0.25) is 9.88 Å². The lowest BCUT2D eigenvalue weighted by atomic mass is 10.1. The minimum absolute atomic E-state index is 0.796. The molecule has 0 unspecified atom stereocenters. The van der Waals surface area contributed by atoms with Crippen LogP contribution in [-0.4, -0.2) is 29.0 Å². The molecule has 4 nitrogen and oxygen atoms in total. The number of aromatic nitrogens is 2. The summed E-state index contributed by atoms with van der Waals surface area (Å²) in [6.07, 6.45) is 3.58. The smallest absolute Gasteiger partial charge is 0.144 e. The van der Waals surface area contributed by atoms with E-state index in [1.807, 2.05) is 13.2 Å². The van der Waals surface area contributed by atoms with Gasteiger partial charge in [-0.05, 0) is 19.5 Å². The highest BCUT2D eigenvalue weighted by atomic mass is 15.1. The Kier molecular flexibility index (Phi) is 4.47. The topological polar surface area (TPSA) is 41.1 Å². The van der Waals surface area contributed by atoms with Gasteiger partial charge in [-0.1, -0.05) is 29.8 Å².